The summed E-state index contributed by atoms with van der Waals surface area (Å²) in [4.78, 5) is 28.8. The van der Waals surface area contributed by atoms with Crippen LogP contribution in [0.3, 0.4) is 0 Å². The van der Waals surface area contributed by atoms with Gasteiger partial charge in [0.1, 0.15) is 18.1 Å². The Morgan fingerprint density at radius 2 is 1.97 bits per heavy atom. The summed E-state index contributed by atoms with van der Waals surface area (Å²) in [6.45, 7) is 3.81. The van der Waals surface area contributed by atoms with Gasteiger partial charge in [-0.2, -0.15) is 0 Å². The number of hydrogen-bond donors (Lipinski definition) is 1. The standard InChI is InChI=1S/C22H28FN3O4/c1-2-24-22(28)26(15-20-6-4-12-30-20)16-21(27)25(14-19-5-3-11-29-19)13-17-7-9-18(23)10-8-17/h3,5,7-11,20H,2,4,6,12-16H2,1H3,(H,24,28)/t20-/m0/s1. The molecule has 1 atom stereocenters. The molecule has 162 valence electrons. The first-order valence-electron chi connectivity index (χ1n) is 10.2. The van der Waals surface area contributed by atoms with E-state index in [0.29, 0.717) is 25.5 Å². The van der Waals surface area contributed by atoms with Gasteiger partial charge in [-0.15, -0.1) is 0 Å². The van der Waals surface area contributed by atoms with E-state index in [1.807, 2.05) is 6.92 Å². The summed E-state index contributed by atoms with van der Waals surface area (Å²) >= 11 is 0. The molecule has 2 heterocycles. The summed E-state index contributed by atoms with van der Waals surface area (Å²) in [6.07, 6.45) is 3.32. The number of halogens is 1. The molecule has 3 amide bonds. The monoisotopic (exact) mass is 417 g/mol. The number of benzene rings is 1. The van der Waals surface area contributed by atoms with Crippen molar-refractivity contribution < 1.29 is 23.1 Å². The molecule has 0 aliphatic carbocycles. The van der Waals surface area contributed by atoms with Gasteiger partial charge in [-0.25, -0.2) is 9.18 Å². The average molecular weight is 417 g/mol. The van der Waals surface area contributed by atoms with Gasteiger partial charge in [0.2, 0.25) is 5.91 Å². The van der Waals surface area contributed by atoms with Gasteiger partial charge in [0.25, 0.3) is 0 Å². The second-order valence-electron chi connectivity index (χ2n) is 7.31. The van der Waals surface area contributed by atoms with Crippen LogP contribution in [-0.4, -0.2) is 54.1 Å². The van der Waals surface area contributed by atoms with E-state index < -0.39 is 0 Å². The highest BCUT2D eigenvalue weighted by molar-refractivity contribution is 5.84. The minimum absolute atomic E-state index is 0.0592. The lowest BCUT2D eigenvalue weighted by molar-refractivity contribution is -0.133. The van der Waals surface area contributed by atoms with Gasteiger partial charge in [0.05, 0.1) is 18.9 Å². The summed E-state index contributed by atoms with van der Waals surface area (Å²) < 4.78 is 24.3. The average Bonchev–Trinajstić information content (AvgIpc) is 3.43. The number of urea groups is 1. The van der Waals surface area contributed by atoms with E-state index in [4.69, 9.17) is 9.15 Å². The van der Waals surface area contributed by atoms with Crippen LogP contribution in [0.2, 0.25) is 0 Å². The highest BCUT2D eigenvalue weighted by Gasteiger charge is 2.26. The third-order valence-electron chi connectivity index (χ3n) is 4.96. The van der Waals surface area contributed by atoms with E-state index in [1.54, 1.807) is 35.4 Å². The Morgan fingerprint density at radius 1 is 1.17 bits per heavy atom. The third kappa shape index (κ3) is 6.32. The van der Waals surface area contributed by atoms with Crippen molar-refractivity contribution in [2.45, 2.75) is 39.0 Å². The van der Waals surface area contributed by atoms with Crippen LogP contribution in [0.5, 0.6) is 0 Å². The molecule has 1 fully saturated rings. The van der Waals surface area contributed by atoms with Crippen LogP contribution in [0, 0.1) is 5.82 Å². The van der Waals surface area contributed by atoms with Crippen molar-refractivity contribution in [2.75, 3.05) is 26.2 Å². The zero-order valence-corrected chi connectivity index (χ0v) is 17.2. The van der Waals surface area contributed by atoms with E-state index in [2.05, 4.69) is 5.32 Å². The Balaban J connectivity index is 1.72. The predicted molar refractivity (Wildman–Crippen MR) is 109 cm³/mol. The number of carbonyl (C=O) groups is 2. The van der Waals surface area contributed by atoms with E-state index in [1.165, 1.54) is 17.0 Å². The van der Waals surface area contributed by atoms with Crippen molar-refractivity contribution in [3.05, 3.63) is 59.8 Å². The molecule has 0 saturated carbocycles. The zero-order chi connectivity index (χ0) is 21.3. The first-order valence-corrected chi connectivity index (χ1v) is 10.2. The second-order valence-corrected chi connectivity index (χ2v) is 7.31. The SMILES string of the molecule is CCNC(=O)N(CC(=O)N(Cc1ccc(F)cc1)Cc1ccco1)C[C@@H]1CCCO1. The molecule has 0 radical (unpaired) electrons. The minimum Gasteiger partial charge on any atom is -0.467 e. The maximum atomic E-state index is 13.3. The van der Waals surface area contributed by atoms with Crippen LogP contribution in [0.4, 0.5) is 9.18 Å². The van der Waals surface area contributed by atoms with Crippen LogP contribution < -0.4 is 5.32 Å². The van der Waals surface area contributed by atoms with E-state index >= 15 is 0 Å². The first-order chi connectivity index (χ1) is 14.5. The summed E-state index contributed by atoms with van der Waals surface area (Å²) in [5.41, 5.74) is 0.792. The Kier molecular flexibility index (Phi) is 7.84. The Bertz CT molecular complexity index is 804. The fourth-order valence-corrected chi connectivity index (χ4v) is 3.41. The highest BCUT2D eigenvalue weighted by atomic mass is 19.1. The van der Waals surface area contributed by atoms with Crippen molar-refractivity contribution in [1.29, 1.82) is 0 Å². The van der Waals surface area contributed by atoms with Gasteiger partial charge in [-0.3, -0.25) is 4.79 Å². The summed E-state index contributed by atoms with van der Waals surface area (Å²) in [5, 5.41) is 2.77. The number of nitrogens with zero attached hydrogens (tertiary/aromatic N) is 2. The molecule has 30 heavy (non-hydrogen) atoms. The molecule has 2 aromatic rings. The number of rotatable bonds is 9. The van der Waals surface area contributed by atoms with Gasteiger partial charge in [0, 0.05) is 26.2 Å². The normalized spacial score (nSPS) is 15.7. The number of amides is 3. The quantitative estimate of drug-likeness (QED) is 0.680. The maximum absolute atomic E-state index is 13.3. The fraction of sp³-hybridized carbons (Fsp3) is 0.455. The van der Waals surface area contributed by atoms with Crippen molar-refractivity contribution in [3.8, 4) is 0 Å². The third-order valence-corrected chi connectivity index (χ3v) is 4.96. The highest BCUT2D eigenvalue weighted by Crippen LogP contribution is 2.15. The maximum Gasteiger partial charge on any atom is 0.317 e. The van der Waals surface area contributed by atoms with E-state index in [0.717, 1.165) is 18.4 Å². The summed E-state index contributed by atoms with van der Waals surface area (Å²) in [5.74, 6) is 0.0794. The number of furan rings is 1. The van der Waals surface area contributed by atoms with Crippen LogP contribution in [-0.2, 0) is 22.6 Å². The van der Waals surface area contributed by atoms with Crippen LogP contribution in [0.25, 0.3) is 0 Å². The van der Waals surface area contributed by atoms with Crippen LogP contribution in [0.15, 0.2) is 47.1 Å². The van der Waals surface area contributed by atoms with Crippen molar-refractivity contribution in [1.82, 2.24) is 15.1 Å². The number of carbonyl (C=O) groups excluding carboxylic acids is 2. The minimum atomic E-state index is -0.332. The van der Waals surface area contributed by atoms with E-state index in [9.17, 15) is 14.0 Å². The first kappa shape index (κ1) is 21.8. The van der Waals surface area contributed by atoms with Gasteiger partial charge in [-0.05, 0) is 49.6 Å². The predicted octanol–water partition coefficient (Wildman–Crippen LogP) is 3.16. The van der Waals surface area contributed by atoms with Gasteiger partial charge in [0.15, 0.2) is 0 Å². The molecule has 1 aliphatic heterocycles. The molecule has 0 spiro atoms. The van der Waals surface area contributed by atoms with Gasteiger partial charge >= 0.3 is 6.03 Å². The molecule has 8 heteroatoms. The Morgan fingerprint density at radius 3 is 2.60 bits per heavy atom. The van der Waals surface area contributed by atoms with Gasteiger partial charge < -0.3 is 24.3 Å². The fourth-order valence-electron chi connectivity index (χ4n) is 3.41. The molecule has 1 aliphatic rings. The molecule has 1 saturated heterocycles. The van der Waals surface area contributed by atoms with E-state index in [-0.39, 0.29) is 43.5 Å². The topological polar surface area (TPSA) is 75.0 Å². The molecule has 0 bridgehead atoms. The number of nitrogens with one attached hydrogen (secondary N) is 1. The van der Waals surface area contributed by atoms with Crippen molar-refractivity contribution >= 4 is 11.9 Å². The number of ether oxygens (including phenoxy) is 1. The van der Waals surface area contributed by atoms with Crippen molar-refractivity contribution in [3.63, 3.8) is 0 Å². The molecule has 1 aromatic carbocycles. The van der Waals surface area contributed by atoms with Gasteiger partial charge in [-0.1, -0.05) is 12.1 Å². The lowest BCUT2D eigenvalue weighted by atomic mass is 10.2. The summed E-state index contributed by atoms with van der Waals surface area (Å²) in [7, 11) is 0. The Labute approximate surface area is 175 Å². The molecular formula is C22H28FN3O4. The Hall–Kier alpha value is -2.87. The molecule has 7 nitrogen and oxygen atoms in total. The zero-order valence-electron chi connectivity index (χ0n) is 17.2. The molecule has 1 aromatic heterocycles. The lowest BCUT2D eigenvalue weighted by Crippen LogP contribution is -2.49. The molecule has 1 N–H and O–H groups in total. The molecule has 3 rings (SSSR count). The lowest BCUT2D eigenvalue weighted by Gasteiger charge is -2.29. The largest absolute Gasteiger partial charge is 0.467 e. The second kappa shape index (κ2) is 10.8. The van der Waals surface area contributed by atoms with Crippen molar-refractivity contribution in [2.24, 2.45) is 0 Å². The molecule has 0 unspecified atom stereocenters. The smallest absolute Gasteiger partial charge is 0.317 e. The molecular weight excluding hydrogens is 389 g/mol. The summed E-state index contributed by atoms with van der Waals surface area (Å²) in [6, 6.07) is 9.28. The number of hydrogen-bond acceptors (Lipinski definition) is 4. The van der Waals surface area contributed by atoms with Crippen LogP contribution >= 0.6 is 0 Å². The van der Waals surface area contributed by atoms with Crippen LogP contribution in [0.1, 0.15) is 31.1 Å².